The molecule has 1 saturated heterocycles. The Kier molecular flexibility index (Phi) is 10.0. The van der Waals surface area contributed by atoms with Gasteiger partial charge in [0.15, 0.2) is 0 Å². The lowest BCUT2D eigenvalue weighted by atomic mass is 9.45. The van der Waals surface area contributed by atoms with Crippen molar-refractivity contribution in [3.8, 4) is 5.97 Å². The summed E-state index contributed by atoms with van der Waals surface area (Å²) in [6.45, 7) is 2.38. The predicted octanol–water partition coefficient (Wildman–Crippen LogP) is 4.60. The molecule has 1 aliphatic rings. The first-order valence-corrected chi connectivity index (χ1v) is 13.0. The maximum absolute atomic E-state index is 13.0. The Labute approximate surface area is 212 Å². The van der Waals surface area contributed by atoms with E-state index in [2.05, 4.69) is 21.9 Å². The second-order valence-corrected chi connectivity index (χ2v) is 9.71. The lowest BCUT2D eigenvalue weighted by Crippen LogP contribution is -2.33. The van der Waals surface area contributed by atoms with Gasteiger partial charge in [-0.1, -0.05) is 60.7 Å². The molecular weight excluding hydrogens is 478 g/mol. The molecule has 4 rings (SSSR count). The molecule has 1 fully saturated rings. The topological polar surface area (TPSA) is 111 Å². The molecule has 36 heavy (non-hydrogen) atoms. The van der Waals surface area contributed by atoms with E-state index in [4.69, 9.17) is 5.26 Å². The van der Waals surface area contributed by atoms with Crippen LogP contribution in [-0.2, 0) is 16.6 Å². The van der Waals surface area contributed by atoms with Gasteiger partial charge in [-0.15, -0.1) is 3.89 Å². The molecule has 0 spiro atoms. The van der Waals surface area contributed by atoms with Gasteiger partial charge < -0.3 is 16.0 Å². The number of carbonyl (C=O) groups is 1. The second kappa shape index (κ2) is 13.4. The summed E-state index contributed by atoms with van der Waals surface area (Å²) in [4.78, 5) is 12.0. The molecule has 7 nitrogen and oxygen atoms in total. The average Bonchev–Trinajstić information content (AvgIpc) is 2.90. The highest BCUT2D eigenvalue weighted by atomic mass is 32.3. The number of nitriles is 1. The smallest absolute Gasteiger partial charge is 0.331 e. The minimum Gasteiger partial charge on any atom is -0.331 e. The number of hydrogen-bond donors (Lipinski definition) is 3. The first-order chi connectivity index (χ1) is 17.3. The molecule has 10 heteroatoms. The Morgan fingerprint density at radius 3 is 2.08 bits per heavy atom. The van der Waals surface area contributed by atoms with Crippen molar-refractivity contribution < 1.29 is 17.1 Å². The van der Waals surface area contributed by atoms with Gasteiger partial charge in [0.1, 0.15) is 0 Å². The Morgan fingerprint density at radius 1 is 0.972 bits per heavy atom. The first kappa shape index (κ1) is 26.9. The first-order valence-electron chi connectivity index (χ1n) is 11.7. The maximum Gasteiger partial charge on any atom is 0.332 e. The summed E-state index contributed by atoms with van der Waals surface area (Å²) in [5, 5.41) is 17.2. The van der Waals surface area contributed by atoms with Gasteiger partial charge >= 0.3 is 16.3 Å². The van der Waals surface area contributed by atoms with E-state index in [1.54, 1.807) is 0 Å². The Balaban J connectivity index is 0.000000383. The number of amides is 2. The van der Waals surface area contributed by atoms with Gasteiger partial charge in [0.2, 0.25) is 0 Å². The standard InChI is InChI=1S/C21H19FN2O3S.C5H9BN2/c22-28(26,27)19-13-11-18(12-14-19)23-21(25)24-20(17-9-5-2-6-10-17)15-16-7-3-1-4-8-16;7-5-6-1-3-8-4-2-6/h1-14,20H,15H2,(H2,23,24,25);8H,1-4H2. The van der Waals surface area contributed by atoms with E-state index >= 15 is 0 Å². The third-order valence-corrected chi connectivity index (χ3v) is 6.54. The van der Waals surface area contributed by atoms with Crippen LogP contribution in [0.2, 0.25) is 12.6 Å². The van der Waals surface area contributed by atoms with E-state index in [0.29, 0.717) is 18.8 Å². The van der Waals surface area contributed by atoms with Crippen LogP contribution in [0, 0.1) is 11.2 Å². The molecule has 0 radical (unpaired) electrons. The summed E-state index contributed by atoms with van der Waals surface area (Å²) >= 11 is 0. The molecule has 0 aromatic heterocycles. The van der Waals surface area contributed by atoms with Gasteiger partial charge in [0.25, 0.3) is 6.71 Å². The molecule has 3 aromatic carbocycles. The van der Waals surface area contributed by atoms with Gasteiger partial charge in [-0.05, 0) is 67.5 Å². The average molecular weight is 506 g/mol. The number of benzene rings is 3. The minimum absolute atomic E-state index is 0.255. The highest BCUT2D eigenvalue weighted by Gasteiger charge is 2.17. The molecule has 1 unspecified atom stereocenters. The van der Waals surface area contributed by atoms with Crippen molar-refractivity contribution in [1.29, 1.82) is 5.26 Å². The van der Waals surface area contributed by atoms with Crippen LogP contribution in [0.1, 0.15) is 17.2 Å². The summed E-state index contributed by atoms with van der Waals surface area (Å²) in [6.07, 6.45) is 2.68. The Bertz CT molecular complexity index is 1250. The molecular formula is C26H28BFN4O3S. The van der Waals surface area contributed by atoms with Gasteiger partial charge in [-0.3, -0.25) is 0 Å². The third-order valence-electron chi connectivity index (χ3n) is 5.71. The predicted molar refractivity (Wildman–Crippen MR) is 140 cm³/mol. The molecule has 3 aromatic rings. The number of halogens is 1. The zero-order valence-electron chi connectivity index (χ0n) is 19.7. The van der Waals surface area contributed by atoms with Gasteiger partial charge in [0.05, 0.1) is 10.9 Å². The van der Waals surface area contributed by atoms with Crippen LogP contribution < -0.4 is 16.0 Å². The van der Waals surface area contributed by atoms with E-state index in [-0.39, 0.29) is 6.04 Å². The van der Waals surface area contributed by atoms with Crippen molar-refractivity contribution in [3.05, 3.63) is 96.1 Å². The SMILES string of the molecule is N#CB1CCNCC1.O=C(Nc1ccc(S(=O)(=O)F)cc1)NC(Cc1ccccc1)c1ccccc1. The monoisotopic (exact) mass is 506 g/mol. The van der Waals surface area contributed by atoms with Gasteiger partial charge in [-0.25, -0.2) is 10.1 Å². The van der Waals surface area contributed by atoms with Crippen molar-refractivity contribution >= 4 is 28.7 Å². The number of hydrogen-bond acceptors (Lipinski definition) is 5. The third kappa shape index (κ3) is 8.84. The number of nitrogens with one attached hydrogen (secondary N) is 3. The van der Waals surface area contributed by atoms with Crippen molar-refractivity contribution in [2.45, 2.75) is 30.0 Å². The fourth-order valence-electron chi connectivity index (χ4n) is 3.76. The molecule has 1 atom stereocenters. The maximum atomic E-state index is 13.0. The number of urea groups is 1. The molecule has 0 saturated carbocycles. The molecule has 1 heterocycles. The number of nitrogens with zero attached hydrogens (tertiary/aromatic N) is 1. The lowest BCUT2D eigenvalue weighted by molar-refractivity contribution is 0.248. The van der Waals surface area contributed by atoms with Gasteiger partial charge in [-0.2, -0.15) is 8.42 Å². The normalized spacial score (nSPS) is 13.9. The number of anilines is 1. The molecule has 186 valence electrons. The fourth-order valence-corrected chi connectivity index (χ4v) is 4.23. The van der Waals surface area contributed by atoms with Crippen molar-refractivity contribution in [2.24, 2.45) is 0 Å². The molecule has 1 aliphatic heterocycles. The second-order valence-electron chi connectivity index (χ2n) is 8.37. The van der Waals surface area contributed by atoms with Crippen LogP contribution in [0.25, 0.3) is 0 Å². The highest BCUT2D eigenvalue weighted by molar-refractivity contribution is 7.86. The summed E-state index contributed by atoms with van der Waals surface area (Å²) in [7, 11) is -4.77. The Hall–Kier alpha value is -3.68. The van der Waals surface area contributed by atoms with Crippen LogP contribution >= 0.6 is 0 Å². The number of carbonyl (C=O) groups excluding carboxylic acids is 1. The summed E-state index contributed by atoms with van der Waals surface area (Å²) in [5.41, 5.74) is 2.39. The van der Waals surface area contributed by atoms with E-state index in [9.17, 15) is 17.1 Å². The van der Waals surface area contributed by atoms with Crippen molar-refractivity contribution in [1.82, 2.24) is 10.6 Å². The summed E-state index contributed by atoms with van der Waals surface area (Å²) in [6, 6.07) is 23.6. The van der Waals surface area contributed by atoms with Crippen LogP contribution in [0.15, 0.2) is 89.8 Å². The van der Waals surface area contributed by atoms with Crippen molar-refractivity contribution in [2.75, 3.05) is 18.4 Å². The van der Waals surface area contributed by atoms with Gasteiger partial charge in [0, 0.05) is 11.7 Å². The van der Waals surface area contributed by atoms with Crippen LogP contribution in [0.3, 0.4) is 0 Å². The number of rotatable bonds is 6. The minimum atomic E-state index is -4.77. The zero-order chi connectivity index (χ0) is 25.8. The highest BCUT2D eigenvalue weighted by Crippen LogP contribution is 2.20. The largest absolute Gasteiger partial charge is 0.332 e. The van der Waals surface area contributed by atoms with E-state index in [1.165, 1.54) is 12.1 Å². The summed E-state index contributed by atoms with van der Waals surface area (Å²) < 4.78 is 34.7. The van der Waals surface area contributed by atoms with Crippen molar-refractivity contribution in [3.63, 3.8) is 0 Å². The molecule has 3 N–H and O–H groups in total. The molecule has 0 bridgehead atoms. The lowest BCUT2D eigenvalue weighted by Gasteiger charge is -2.20. The molecule has 0 aliphatic carbocycles. The van der Waals surface area contributed by atoms with E-state index < -0.39 is 21.1 Å². The van der Waals surface area contributed by atoms with Crippen LogP contribution in [0.4, 0.5) is 14.4 Å². The van der Waals surface area contributed by atoms with E-state index in [0.717, 1.165) is 49.0 Å². The van der Waals surface area contributed by atoms with Crippen LogP contribution in [0.5, 0.6) is 0 Å². The zero-order valence-corrected chi connectivity index (χ0v) is 20.5. The fraction of sp³-hybridized carbons (Fsp3) is 0.231. The Morgan fingerprint density at radius 2 is 1.56 bits per heavy atom. The summed E-state index contributed by atoms with van der Waals surface area (Å²) in [5.74, 6) is 2.26. The molecule has 2 amide bonds. The van der Waals surface area contributed by atoms with Crippen LogP contribution in [-0.4, -0.2) is 34.3 Å². The quantitative estimate of drug-likeness (QED) is 0.334. The van der Waals surface area contributed by atoms with E-state index in [1.807, 2.05) is 60.7 Å².